The molecule has 2 aromatic rings. The molecule has 0 aliphatic heterocycles. The lowest BCUT2D eigenvalue weighted by Gasteiger charge is -2.11. The van der Waals surface area contributed by atoms with Gasteiger partial charge in [-0.3, -0.25) is 19.9 Å². The SMILES string of the molecule is COc1cc([N+](=O)[O-])ccc1NC(C)=CC(=O)c1cccnc1. The van der Waals surface area contributed by atoms with Gasteiger partial charge in [-0.05, 0) is 25.1 Å². The molecule has 118 valence electrons. The van der Waals surface area contributed by atoms with Crippen LogP contribution in [0, 0.1) is 10.1 Å². The van der Waals surface area contributed by atoms with Crippen molar-refractivity contribution in [2.75, 3.05) is 12.4 Å². The number of nitro groups is 1. The highest BCUT2D eigenvalue weighted by Gasteiger charge is 2.12. The Labute approximate surface area is 132 Å². The molecule has 7 nitrogen and oxygen atoms in total. The Kier molecular flexibility index (Phi) is 5.03. The summed E-state index contributed by atoms with van der Waals surface area (Å²) in [5.74, 6) is 0.129. The van der Waals surface area contributed by atoms with Crippen LogP contribution in [-0.2, 0) is 0 Å². The molecule has 1 N–H and O–H groups in total. The highest BCUT2D eigenvalue weighted by atomic mass is 16.6. The molecule has 0 bridgehead atoms. The highest BCUT2D eigenvalue weighted by Crippen LogP contribution is 2.29. The standard InChI is InChI=1S/C16H15N3O4/c1-11(8-15(20)12-4-3-7-17-10-12)18-14-6-5-13(19(21)22)9-16(14)23-2/h3-10,18H,1-2H3. The van der Waals surface area contributed by atoms with E-state index in [0.29, 0.717) is 22.7 Å². The summed E-state index contributed by atoms with van der Waals surface area (Å²) in [7, 11) is 1.42. The lowest BCUT2D eigenvalue weighted by Crippen LogP contribution is -2.03. The highest BCUT2D eigenvalue weighted by molar-refractivity contribution is 6.04. The number of nitro benzene ring substituents is 1. The van der Waals surface area contributed by atoms with Crippen LogP contribution >= 0.6 is 0 Å². The van der Waals surface area contributed by atoms with Crippen LogP contribution in [0.25, 0.3) is 0 Å². The predicted molar refractivity (Wildman–Crippen MR) is 85.6 cm³/mol. The molecule has 0 atom stereocenters. The number of carbonyl (C=O) groups is 1. The summed E-state index contributed by atoms with van der Waals surface area (Å²) in [4.78, 5) is 26.2. The quantitative estimate of drug-likeness (QED) is 0.381. The molecule has 1 aromatic heterocycles. The van der Waals surface area contributed by atoms with E-state index in [1.807, 2.05) is 0 Å². The second-order valence-electron chi connectivity index (χ2n) is 4.70. The third-order valence-electron chi connectivity index (χ3n) is 3.02. The van der Waals surface area contributed by atoms with E-state index in [2.05, 4.69) is 10.3 Å². The summed E-state index contributed by atoms with van der Waals surface area (Å²) in [6.07, 6.45) is 4.50. The minimum atomic E-state index is -0.499. The third kappa shape index (κ3) is 4.13. The number of ether oxygens (including phenoxy) is 1. The van der Waals surface area contributed by atoms with Gasteiger partial charge in [0.1, 0.15) is 5.75 Å². The molecule has 23 heavy (non-hydrogen) atoms. The van der Waals surface area contributed by atoms with Gasteiger partial charge in [0.2, 0.25) is 0 Å². The summed E-state index contributed by atoms with van der Waals surface area (Å²) in [6.45, 7) is 1.72. The Balaban J connectivity index is 2.19. The molecule has 1 aromatic carbocycles. The molecule has 0 aliphatic rings. The molecule has 2 rings (SSSR count). The lowest BCUT2D eigenvalue weighted by atomic mass is 10.1. The average Bonchev–Trinajstić information content (AvgIpc) is 2.55. The smallest absolute Gasteiger partial charge is 0.273 e. The van der Waals surface area contributed by atoms with Gasteiger partial charge in [0.05, 0.1) is 23.8 Å². The topological polar surface area (TPSA) is 94.4 Å². The van der Waals surface area contributed by atoms with E-state index in [1.54, 1.807) is 25.3 Å². The number of pyridine rings is 1. The number of methoxy groups -OCH3 is 1. The van der Waals surface area contributed by atoms with Gasteiger partial charge < -0.3 is 10.1 Å². The number of anilines is 1. The Morgan fingerprint density at radius 3 is 2.78 bits per heavy atom. The minimum absolute atomic E-state index is 0.0690. The number of non-ortho nitro benzene ring substituents is 1. The van der Waals surface area contributed by atoms with Crippen LogP contribution in [0.5, 0.6) is 5.75 Å². The van der Waals surface area contributed by atoms with E-state index < -0.39 is 4.92 Å². The second-order valence-corrected chi connectivity index (χ2v) is 4.70. The van der Waals surface area contributed by atoms with E-state index in [0.717, 1.165) is 0 Å². The van der Waals surface area contributed by atoms with E-state index in [1.165, 1.54) is 37.6 Å². The number of allylic oxidation sites excluding steroid dienone is 2. The van der Waals surface area contributed by atoms with Gasteiger partial charge in [0.25, 0.3) is 5.69 Å². The number of ketones is 1. The van der Waals surface area contributed by atoms with Gasteiger partial charge in [-0.15, -0.1) is 0 Å². The molecule has 0 saturated carbocycles. The molecule has 0 spiro atoms. The van der Waals surface area contributed by atoms with Crippen molar-refractivity contribution in [3.63, 3.8) is 0 Å². The van der Waals surface area contributed by atoms with Crippen molar-refractivity contribution in [3.8, 4) is 5.75 Å². The molecule has 0 amide bonds. The summed E-state index contributed by atoms with van der Waals surface area (Å²) in [5.41, 5.74) is 1.52. The van der Waals surface area contributed by atoms with Crippen LogP contribution in [0.3, 0.4) is 0 Å². The number of hydrogen-bond acceptors (Lipinski definition) is 6. The fraction of sp³-hybridized carbons (Fsp3) is 0.125. The predicted octanol–water partition coefficient (Wildman–Crippen LogP) is 3.20. The maximum atomic E-state index is 12.1. The fourth-order valence-electron chi connectivity index (χ4n) is 1.93. The van der Waals surface area contributed by atoms with Crippen molar-refractivity contribution in [1.29, 1.82) is 0 Å². The Morgan fingerprint density at radius 1 is 1.39 bits per heavy atom. The number of nitrogens with one attached hydrogen (secondary N) is 1. The molecular weight excluding hydrogens is 298 g/mol. The Morgan fingerprint density at radius 2 is 2.17 bits per heavy atom. The normalized spacial score (nSPS) is 11.0. The lowest BCUT2D eigenvalue weighted by molar-refractivity contribution is -0.384. The minimum Gasteiger partial charge on any atom is -0.494 e. The van der Waals surface area contributed by atoms with E-state index in [9.17, 15) is 14.9 Å². The van der Waals surface area contributed by atoms with Crippen molar-refractivity contribution in [2.45, 2.75) is 6.92 Å². The number of aromatic nitrogens is 1. The van der Waals surface area contributed by atoms with Crippen LogP contribution in [0.2, 0.25) is 0 Å². The number of carbonyl (C=O) groups excluding carboxylic acids is 1. The first-order chi connectivity index (χ1) is 11.0. The first kappa shape index (κ1) is 16.2. The van der Waals surface area contributed by atoms with Crippen molar-refractivity contribution in [1.82, 2.24) is 4.98 Å². The second kappa shape index (κ2) is 7.17. The summed E-state index contributed by atoms with van der Waals surface area (Å²) in [5, 5.41) is 13.8. The summed E-state index contributed by atoms with van der Waals surface area (Å²) < 4.78 is 5.14. The Hall–Kier alpha value is -3.22. The summed E-state index contributed by atoms with van der Waals surface area (Å²) >= 11 is 0. The largest absolute Gasteiger partial charge is 0.494 e. The van der Waals surface area contributed by atoms with Gasteiger partial charge in [0, 0.05) is 35.8 Å². The van der Waals surface area contributed by atoms with Gasteiger partial charge in [0.15, 0.2) is 5.78 Å². The zero-order valence-corrected chi connectivity index (χ0v) is 12.6. The molecule has 0 saturated heterocycles. The summed E-state index contributed by atoms with van der Waals surface area (Å²) in [6, 6.07) is 7.57. The molecule has 0 aliphatic carbocycles. The molecular formula is C16H15N3O4. The van der Waals surface area contributed by atoms with Crippen LogP contribution in [-0.4, -0.2) is 22.8 Å². The van der Waals surface area contributed by atoms with Crippen molar-refractivity contribution < 1.29 is 14.5 Å². The maximum Gasteiger partial charge on any atom is 0.273 e. The molecule has 0 fully saturated rings. The number of nitrogens with zero attached hydrogens (tertiary/aromatic N) is 2. The monoisotopic (exact) mass is 313 g/mol. The van der Waals surface area contributed by atoms with Crippen LogP contribution < -0.4 is 10.1 Å². The Bertz CT molecular complexity index is 757. The van der Waals surface area contributed by atoms with Crippen molar-refractivity contribution in [3.05, 3.63) is 70.2 Å². The zero-order valence-electron chi connectivity index (χ0n) is 12.6. The van der Waals surface area contributed by atoms with Gasteiger partial charge in [-0.2, -0.15) is 0 Å². The van der Waals surface area contributed by atoms with E-state index >= 15 is 0 Å². The van der Waals surface area contributed by atoms with Crippen LogP contribution in [0.1, 0.15) is 17.3 Å². The number of hydrogen-bond donors (Lipinski definition) is 1. The van der Waals surface area contributed by atoms with Crippen LogP contribution in [0.4, 0.5) is 11.4 Å². The van der Waals surface area contributed by atoms with Gasteiger partial charge in [-0.1, -0.05) is 0 Å². The third-order valence-corrected chi connectivity index (χ3v) is 3.02. The number of benzene rings is 1. The van der Waals surface area contributed by atoms with Crippen molar-refractivity contribution >= 4 is 17.2 Å². The van der Waals surface area contributed by atoms with Gasteiger partial charge in [-0.25, -0.2) is 0 Å². The van der Waals surface area contributed by atoms with E-state index in [-0.39, 0.29) is 11.5 Å². The number of rotatable bonds is 6. The van der Waals surface area contributed by atoms with Crippen molar-refractivity contribution in [2.24, 2.45) is 0 Å². The van der Waals surface area contributed by atoms with Gasteiger partial charge >= 0.3 is 0 Å². The molecule has 7 heteroatoms. The molecule has 1 heterocycles. The maximum absolute atomic E-state index is 12.1. The zero-order chi connectivity index (χ0) is 16.8. The van der Waals surface area contributed by atoms with Crippen LogP contribution in [0.15, 0.2) is 54.5 Å². The fourth-order valence-corrected chi connectivity index (χ4v) is 1.93. The van der Waals surface area contributed by atoms with E-state index in [4.69, 9.17) is 4.74 Å². The first-order valence-electron chi connectivity index (χ1n) is 6.73. The molecule has 0 unspecified atom stereocenters. The first-order valence-corrected chi connectivity index (χ1v) is 6.73. The molecule has 0 radical (unpaired) electrons. The average molecular weight is 313 g/mol.